The SMILES string of the molecule is Br.N=C(N)SCCSC(=N)N. The molecule has 0 aliphatic rings. The van der Waals surface area contributed by atoms with E-state index >= 15 is 0 Å². The zero-order valence-electron chi connectivity index (χ0n) is 5.79. The smallest absolute Gasteiger partial charge is 0.151 e. The molecule has 0 aliphatic heterocycles. The number of nitrogens with two attached hydrogens (primary N) is 2. The van der Waals surface area contributed by atoms with E-state index in [1.807, 2.05) is 0 Å². The van der Waals surface area contributed by atoms with Gasteiger partial charge >= 0.3 is 0 Å². The molecular formula is C4H11BrN4S2. The average molecular weight is 259 g/mol. The lowest BCUT2D eigenvalue weighted by atomic mass is 11.0. The van der Waals surface area contributed by atoms with Crippen LogP contribution in [0.5, 0.6) is 0 Å². The number of hydrogen-bond donors (Lipinski definition) is 4. The van der Waals surface area contributed by atoms with E-state index in [2.05, 4.69) is 0 Å². The van der Waals surface area contributed by atoms with Crippen molar-refractivity contribution in [3.05, 3.63) is 0 Å². The van der Waals surface area contributed by atoms with Crippen LogP contribution in [0.2, 0.25) is 0 Å². The van der Waals surface area contributed by atoms with Gasteiger partial charge in [0.1, 0.15) is 0 Å². The van der Waals surface area contributed by atoms with E-state index < -0.39 is 0 Å². The first kappa shape index (κ1) is 13.7. The second-order valence-corrected chi connectivity index (χ2v) is 3.70. The highest BCUT2D eigenvalue weighted by atomic mass is 79.9. The van der Waals surface area contributed by atoms with Gasteiger partial charge in [-0.2, -0.15) is 0 Å². The molecule has 0 rings (SSSR count). The second-order valence-electron chi connectivity index (χ2n) is 1.43. The Morgan fingerprint density at radius 1 is 1.00 bits per heavy atom. The third-order valence-corrected chi connectivity index (χ3v) is 2.30. The van der Waals surface area contributed by atoms with Gasteiger partial charge in [-0.15, -0.1) is 17.0 Å². The Balaban J connectivity index is 0. The fourth-order valence-corrected chi connectivity index (χ4v) is 1.41. The largest absolute Gasteiger partial charge is 0.379 e. The second kappa shape index (κ2) is 8.22. The summed E-state index contributed by atoms with van der Waals surface area (Å²) < 4.78 is 0. The fraction of sp³-hybridized carbons (Fsp3) is 0.500. The number of hydrogen-bond acceptors (Lipinski definition) is 4. The van der Waals surface area contributed by atoms with Crippen LogP contribution >= 0.6 is 40.5 Å². The van der Waals surface area contributed by atoms with Crippen molar-refractivity contribution in [3.63, 3.8) is 0 Å². The Hall–Kier alpha value is 0.120. The average Bonchev–Trinajstić information content (AvgIpc) is 1.79. The first-order chi connectivity index (χ1) is 4.63. The van der Waals surface area contributed by atoms with Crippen LogP contribution in [0, 0.1) is 10.8 Å². The quantitative estimate of drug-likeness (QED) is 0.342. The van der Waals surface area contributed by atoms with Gasteiger partial charge in [0.25, 0.3) is 0 Å². The Kier molecular flexibility index (Phi) is 10.2. The van der Waals surface area contributed by atoms with Gasteiger partial charge in [0.15, 0.2) is 10.3 Å². The minimum Gasteiger partial charge on any atom is -0.379 e. The Morgan fingerprint density at radius 2 is 1.27 bits per heavy atom. The molecule has 0 amide bonds. The van der Waals surface area contributed by atoms with Crippen molar-refractivity contribution in [1.29, 1.82) is 10.8 Å². The molecule has 0 atom stereocenters. The molecule has 66 valence electrons. The summed E-state index contributed by atoms with van der Waals surface area (Å²) in [5.74, 6) is 1.47. The highest BCUT2D eigenvalue weighted by Crippen LogP contribution is 2.04. The summed E-state index contributed by atoms with van der Waals surface area (Å²) >= 11 is 2.52. The summed E-state index contributed by atoms with van der Waals surface area (Å²) in [6.45, 7) is 0. The van der Waals surface area contributed by atoms with Crippen LogP contribution in [0.4, 0.5) is 0 Å². The normalized spacial score (nSPS) is 8.36. The van der Waals surface area contributed by atoms with Gasteiger partial charge < -0.3 is 11.5 Å². The van der Waals surface area contributed by atoms with Crippen LogP contribution in [0.1, 0.15) is 0 Å². The molecule has 0 aromatic heterocycles. The molecule has 11 heavy (non-hydrogen) atoms. The molecule has 0 spiro atoms. The first-order valence-corrected chi connectivity index (χ1v) is 4.53. The van der Waals surface area contributed by atoms with Gasteiger partial charge in [-0.1, -0.05) is 23.5 Å². The predicted octanol–water partition coefficient (Wildman–Crippen LogP) is 0.818. The topological polar surface area (TPSA) is 99.7 Å². The molecule has 7 heteroatoms. The van der Waals surface area contributed by atoms with Gasteiger partial charge in [0, 0.05) is 11.5 Å². The zero-order valence-corrected chi connectivity index (χ0v) is 9.14. The number of rotatable bonds is 3. The Morgan fingerprint density at radius 3 is 1.45 bits per heavy atom. The van der Waals surface area contributed by atoms with E-state index in [0.717, 1.165) is 11.5 Å². The van der Waals surface area contributed by atoms with Crippen LogP contribution in [-0.2, 0) is 0 Å². The van der Waals surface area contributed by atoms with Crippen molar-refractivity contribution in [2.45, 2.75) is 0 Å². The molecule has 6 N–H and O–H groups in total. The maximum absolute atomic E-state index is 6.83. The summed E-state index contributed by atoms with van der Waals surface area (Å²) in [7, 11) is 0. The lowest BCUT2D eigenvalue weighted by Gasteiger charge is -1.96. The number of thioether (sulfide) groups is 2. The first-order valence-electron chi connectivity index (χ1n) is 2.56. The van der Waals surface area contributed by atoms with Gasteiger partial charge in [-0.05, 0) is 0 Å². The molecule has 0 aromatic rings. The molecule has 0 fully saturated rings. The summed E-state index contributed by atoms with van der Waals surface area (Å²) in [6.07, 6.45) is 0. The van der Waals surface area contributed by atoms with Crippen molar-refractivity contribution in [3.8, 4) is 0 Å². The highest BCUT2D eigenvalue weighted by molar-refractivity contribution is 8.93. The van der Waals surface area contributed by atoms with Crippen LogP contribution < -0.4 is 11.5 Å². The molecule has 0 aliphatic carbocycles. The van der Waals surface area contributed by atoms with Crippen molar-refractivity contribution in [2.75, 3.05) is 11.5 Å². The van der Waals surface area contributed by atoms with Crippen LogP contribution in [0.3, 0.4) is 0 Å². The van der Waals surface area contributed by atoms with Gasteiger partial charge in [-0.25, -0.2) is 0 Å². The van der Waals surface area contributed by atoms with E-state index in [1.54, 1.807) is 0 Å². The van der Waals surface area contributed by atoms with E-state index in [4.69, 9.17) is 22.3 Å². The van der Waals surface area contributed by atoms with E-state index in [1.165, 1.54) is 23.5 Å². The summed E-state index contributed by atoms with van der Waals surface area (Å²) in [5, 5.41) is 13.9. The molecule has 0 heterocycles. The molecule has 0 unspecified atom stereocenters. The van der Waals surface area contributed by atoms with Gasteiger partial charge in [0.05, 0.1) is 0 Å². The van der Waals surface area contributed by atoms with Crippen molar-refractivity contribution < 1.29 is 0 Å². The molecule has 0 radical (unpaired) electrons. The monoisotopic (exact) mass is 258 g/mol. The molecule has 0 aromatic carbocycles. The van der Waals surface area contributed by atoms with Crippen molar-refractivity contribution in [2.24, 2.45) is 11.5 Å². The minimum absolute atomic E-state index is 0. The fourth-order valence-electron chi connectivity index (χ4n) is 0.303. The molecule has 0 saturated carbocycles. The van der Waals surface area contributed by atoms with Crippen LogP contribution in [0.25, 0.3) is 0 Å². The summed E-state index contributed by atoms with van der Waals surface area (Å²) in [4.78, 5) is 0. The summed E-state index contributed by atoms with van der Waals surface area (Å²) in [5.41, 5.74) is 10.1. The van der Waals surface area contributed by atoms with E-state index in [0.29, 0.717) is 0 Å². The van der Waals surface area contributed by atoms with E-state index in [-0.39, 0.29) is 27.3 Å². The number of nitrogens with one attached hydrogen (secondary N) is 2. The van der Waals surface area contributed by atoms with Crippen LogP contribution in [-0.4, -0.2) is 21.8 Å². The Labute approximate surface area is 84.6 Å². The lowest BCUT2D eigenvalue weighted by Crippen LogP contribution is -2.08. The molecule has 4 nitrogen and oxygen atoms in total. The van der Waals surface area contributed by atoms with Crippen LogP contribution in [0.15, 0.2) is 0 Å². The predicted molar refractivity (Wildman–Crippen MR) is 59.1 cm³/mol. The third kappa shape index (κ3) is 13.2. The lowest BCUT2D eigenvalue weighted by molar-refractivity contribution is 1.48. The summed E-state index contributed by atoms with van der Waals surface area (Å²) in [6, 6.07) is 0. The zero-order chi connectivity index (χ0) is 7.98. The minimum atomic E-state index is 0. The maximum atomic E-state index is 6.83. The number of amidine groups is 2. The molecule has 0 saturated heterocycles. The number of halogens is 1. The van der Waals surface area contributed by atoms with Crippen molar-refractivity contribution >= 4 is 50.8 Å². The highest BCUT2D eigenvalue weighted by Gasteiger charge is 1.92. The van der Waals surface area contributed by atoms with E-state index in [9.17, 15) is 0 Å². The molecular weight excluding hydrogens is 248 g/mol. The van der Waals surface area contributed by atoms with Gasteiger partial charge in [0.2, 0.25) is 0 Å². The van der Waals surface area contributed by atoms with Crippen molar-refractivity contribution in [1.82, 2.24) is 0 Å². The standard InChI is InChI=1S/C4H10N4S2.BrH/c5-3(6)9-1-2-10-4(7)8;/h1-2H2,(H3,5,6)(H3,7,8);1H. The third-order valence-electron chi connectivity index (χ3n) is 0.598. The molecule has 0 bridgehead atoms. The maximum Gasteiger partial charge on any atom is 0.151 e. The Bertz CT molecular complexity index is 124. The van der Waals surface area contributed by atoms with Gasteiger partial charge in [-0.3, -0.25) is 10.8 Å².